The van der Waals surface area contributed by atoms with Crippen LogP contribution in [-0.4, -0.2) is 12.9 Å². The lowest BCUT2D eigenvalue weighted by atomic mass is 10.3. The normalized spacial score (nSPS) is 11.9. The van der Waals surface area contributed by atoms with Crippen LogP contribution in [0.1, 0.15) is 52.9 Å². The first-order valence-electron chi connectivity index (χ1n) is 9.76. The maximum Gasteiger partial charge on any atom is 0.258 e. The summed E-state index contributed by atoms with van der Waals surface area (Å²) in [4.78, 5) is 0. The van der Waals surface area contributed by atoms with Crippen molar-refractivity contribution >= 4 is 19.7 Å². The number of hydrogen-bond donors (Lipinski definition) is 1. The minimum atomic E-state index is -1.94. The zero-order valence-electron chi connectivity index (χ0n) is 17.9. The summed E-state index contributed by atoms with van der Waals surface area (Å²) >= 11 is 0. The number of nitrogens with zero attached hydrogens (tertiary/aromatic N) is 2. The Hall–Kier alpha value is -2.19. The summed E-state index contributed by atoms with van der Waals surface area (Å²) in [5.41, 5.74) is 5.28. The van der Waals surface area contributed by atoms with Gasteiger partial charge in [-0.2, -0.15) is 5.26 Å². The molecule has 0 bridgehead atoms. The monoisotopic (exact) mass is 383 g/mol. The minimum Gasteiger partial charge on any atom is -0.543 e. The van der Waals surface area contributed by atoms with Crippen LogP contribution in [0.2, 0.25) is 16.6 Å². The molecule has 1 heterocycles. The smallest absolute Gasteiger partial charge is 0.258 e. The Labute approximate surface area is 165 Å². The first kappa shape index (κ1) is 21.1. The Bertz CT molecular complexity index is 792. The quantitative estimate of drug-likeness (QED) is 0.555. The number of rotatable bonds is 7. The van der Waals surface area contributed by atoms with Gasteiger partial charge in [-0.15, -0.1) is 0 Å². The number of nitriles is 1. The molecule has 5 heteroatoms. The van der Waals surface area contributed by atoms with Crippen LogP contribution >= 0.6 is 0 Å². The molecule has 1 aromatic heterocycles. The van der Waals surface area contributed by atoms with Crippen LogP contribution in [0.4, 0.5) is 11.4 Å². The highest BCUT2D eigenvalue weighted by atomic mass is 28.4. The number of benzene rings is 1. The molecule has 27 heavy (non-hydrogen) atoms. The highest BCUT2D eigenvalue weighted by Crippen LogP contribution is 2.42. The first-order valence-corrected chi connectivity index (χ1v) is 11.9. The fourth-order valence-corrected chi connectivity index (χ4v) is 9.50. The molecule has 0 spiro atoms. The molecule has 2 aromatic rings. The van der Waals surface area contributed by atoms with Crippen molar-refractivity contribution in [3.8, 4) is 11.8 Å². The van der Waals surface area contributed by atoms with Crippen molar-refractivity contribution < 1.29 is 4.43 Å². The van der Waals surface area contributed by atoms with E-state index in [1.54, 1.807) is 0 Å². The second-order valence-electron chi connectivity index (χ2n) is 8.27. The van der Waals surface area contributed by atoms with Gasteiger partial charge in [0, 0.05) is 18.4 Å². The predicted octanol–water partition coefficient (Wildman–Crippen LogP) is 6.50. The molecule has 1 aromatic carbocycles. The van der Waals surface area contributed by atoms with Crippen LogP contribution < -0.4 is 9.74 Å². The lowest BCUT2D eigenvalue weighted by molar-refractivity contribution is 0.480. The first-order chi connectivity index (χ1) is 12.6. The van der Waals surface area contributed by atoms with E-state index >= 15 is 0 Å². The second-order valence-corrected chi connectivity index (χ2v) is 13.6. The highest BCUT2D eigenvalue weighted by molar-refractivity contribution is 6.78. The molecule has 4 nitrogen and oxygen atoms in total. The number of anilines is 2. The van der Waals surface area contributed by atoms with Gasteiger partial charge >= 0.3 is 0 Å². The molecule has 2 rings (SSSR count). The fourth-order valence-electron chi connectivity index (χ4n) is 4.25. The average Bonchev–Trinajstić information content (AvgIpc) is 2.88. The molecular weight excluding hydrogens is 350 g/mol. The van der Waals surface area contributed by atoms with Gasteiger partial charge in [0.1, 0.15) is 17.5 Å². The van der Waals surface area contributed by atoms with Crippen LogP contribution in [0.25, 0.3) is 0 Å². The van der Waals surface area contributed by atoms with Gasteiger partial charge in [0.2, 0.25) is 0 Å². The average molecular weight is 384 g/mol. The van der Waals surface area contributed by atoms with Crippen molar-refractivity contribution in [3.63, 3.8) is 0 Å². The molecule has 0 unspecified atom stereocenters. The Morgan fingerprint density at radius 3 is 1.93 bits per heavy atom. The maximum atomic E-state index is 9.19. The molecule has 0 aliphatic carbocycles. The van der Waals surface area contributed by atoms with Crippen LogP contribution in [0.5, 0.6) is 5.75 Å². The Kier molecular flexibility index (Phi) is 6.43. The van der Waals surface area contributed by atoms with E-state index in [9.17, 15) is 5.26 Å². The van der Waals surface area contributed by atoms with E-state index in [2.05, 4.69) is 65.1 Å². The summed E-state index contributed by atoms with van der Waals surface area (Å²) in [6.45, 7) is 15.8. The molecule has 0 radical (unpaired) electrons. The van der Waals surface area contributed by atoms with Crippen molar-refractivity contribution in [3.05, 3.63) is 41.7 Å². The molecule has 146 valence electrons. The highest BCUT2D eigenvalue weighted by Gasteiger charge is 2.46. The lowest BCUT2D eigenvalue weighted by Gasteiger charge is -2.42. The van der Waals surface area contributed by atoms with Crippen LogP contribution in [0, 0.1) is 18.3 Å². The largest absolute Gasteiger partial charge is 0.543 e. The van der Waals surface area contributed by atoms with E-state index in [1.165, 1.54) is 0 Å². The van der Waals surface area contributed by atoms with Gasteiger partial charge in [-0.3, -0.25) is 0 Å². The van der Waals surface area contributed by atoms with Gasteiger partial charge in [-0.05, 0) is 53.9 Å². The van der Waals surface area contributed by atoms with Crippen LogP contribution in [0.15, 0.2) is 30.3 Å². The predicted molar refractivity (Wildman–Crippen MR) is 116 cm³/mol. The molecule has 0 aliphatic rings. The van der Waals surface area contributed by atoms with E-state index < -0.39 is 8.32 Å². The zero-order valence-corrected chi connectivity index (χ0v) is 18.9. The second kappa shape index (κ2) is 8.22. The van der Waals surface area contributed by atoms with Crippen molar-refractivity contribution in [2.75, 3.05) is 5.32 Å². The third-order valence-electron chi connectivity index (χ3n) is 5.78. The van der Waals surface area contributed by atoms with Gasteiger partial charge in [0.15, 0.2) is 0 Å². The molecule has 0 amide bonds. The number of hydrogen-bond acceptors (Lipinski definition) is 3. The Morgan fingerprint density at radius 2 is 1.52 bits per heavy atom. The third-order valence-corrected chi connectivity index (χ3v) is 11.8. The van der Waals surface area contributed by atoms with Crippen molar-refractivity contribution in [1.29, 1.82) is 5.26 Å². The van der Waals surface area contributed by atoms with Crippen molar-refractivity contribution in [1.82, 2.24) is 4.57 Å². The minimum absolute atomic E-state index is 0.548. The standard InChI is InChI=1S/C22H33N3OSi/c1-15(2)27(16(3)4,17(5)6)26-21-11-9-19(10-12-21)24-22-13-20(14-23)25(8)18(22)7/h9-13,15-17,24H,1-8H3. The number of nitrogens with one attached hydrogen (secondary N) is 1. The summed E-state index contributed by atoms with van der Waals surface area (Å²) in [6.07, 6.45) is 0. The van der Waals surface area contributed by atoms with Gasteiger partial charge in [-0.1, -0.05) is 41.5 Å². The molecule has 0 fully saturated rings. The molecule has 0 aliphatic heterocycles. The molecular formula is C22H33N3OSi. The fraction of sp³-hybridized carbons (Fsp3) is 0.500. The van der Waals surface area contributed by atoms with Crippen molar-refractivity contribution in [2.45, 2.75) is 65.1 Å². The molecule has 1 N–H and O–H groups in total. The summed E-state index contributed by atoms with van der Waals surface area (Å²) in [5, 5.41) is 12.6. The topological polar surface area (TPSA) is 50.0 Å². The van der Waals surface area contributed by atoms with E-state index in [1.807, 2.05) is 36.7 Å². The van der Waals surface area contributed by atoms with E-state index in [0.29, 0.717) is 22.3 Å². The zero-order chi connectivity index (χ0) is 20.4. The van der Waals surface area contributed by atoms with Gasteiger partial charge in [-0.25, -0.2) is 0 Å². The van der Waals surface area contributed by atoms with Crippen LogP contribution in [-0.2, 0) is 7.05 Å². The Balaban J connectivity index is 2.23. The lowest BCUT2D eigenvalue weighted by Crippen LogP contribution is -2.50. The summed E-state index contributed by atoms with van der Waals surface area (Å²) in [7, 11) is -0.0310. The van der Waals surface area contributed by atoms with Gasteiger partial charge < -0.3 is 14.3 Å². The van der Waals surface area contributed by atoms with Gasteiger partial charge in [0.05, 0.1) is 5.69 Å². The summed E-state index contributed by atoms with van der Waals surface area (Å²) in [5.74, 6) is 0.950. The van der Waals surface area contributed by atoms with E-state index in [4.69, 9.17) is 4.43 Å². The Morgan fingerprint density at radius 1 is 1.00 bits per heavy atom. The summed E-state index contributed by atoms with van der Waals surface area (Å²) < 4.78 is 8.62. The van der Waals surface area contributed by atoms with Crippen molar-refractivity contribution in [2.24, 2.45) is 7.05 Å². The number of aromatic nitrogens is 1. The maximum absolute atomic E-state index is 9.19. The third kappa shape index (κ3) is 4.06. The van der Waals surface area contributed by atoms with Gasteiger partial charge in [0.25, 0.3) is 8.32 Å². The summed E-state index contributed by atoms with van der Waals surface area (Å²) in [6, 6.07) is 12.3. The van der Waals surface area contributed by atoms with E-state index in [0.717, 1.165) is 22.8 Å². The SMILES string of the molecule is Cc1c(Nc2ccc(O[Si](C(C)C)(C(C)C)C(C)C)cc2)cc(C#N)n1C. The molecule has 0 saturated heterocycles. The van der Waals surface area contributed by atoms with E-state index in [-0.39, 0.29) is 0 Å². The van der Waals surface area contributed by atoms with Crippen LogP contribution in [0.3, 0.4) is 0 Å². The molecule has 0 saturated carbocycles. The molecule has 0 atom stereocenters.